The van der Waals surface area contributed by atoms with Crippen molar-refractivity contribution >= 4 is 0 Å². The van der Waals surface area contributed by atoms with Crippen LogP contribution in [0.5, 0.6) is 17.2 Å². The highest BCUT2D eigenvalue weighted by Gasteiger charge is 2.13. The molecule has 0 saturated heterocycles. The molecule has 1 aromatic heterocycles. The average Bonchev–Trinajstić information content (AvgIpc) is 2.72. The summed E-state index contributed by atoms with van der Waals surface area (Å²) in [6, 6.07) is 10.9. The van der Waals surface area contributed by atoms with E-state index in [0.717, 1.165) is 11.1 Å². The maximum Gasteiger partial charge on any atom is 0.163 e. The maximum atomic E-state index is 9.49. The predicted octanol–water partition coefficient (Wildman–Crippen LogP) is 3.03. The Hall–Kier alpha value is -3.19. The fourth-order valence-electron chi connectivity index (χ4n) is 2.68. The molecule has 27 heavy (non-hydrogen) atoms. The summed E-state index contributed by atoms with van der Waals surface area (Å²) in [4.78, 5) is 13.5. The minimum absolute atomic E-state index is 0.103. The molecule has 1 heterocycles. The Balaban J connectivity index is 2.13. The van der Waals surface area contributed by atoms with Crippen molar-refractivity contribution in [1.29, 1.82) is 0 Å². The maximum absolute atomic E-state index is 9.49. The Morgan fingerprint density at radius 2 is 1.19 bits per heavy atom. The first-order valence-corrected chi connectivity index (χ1v) is 8.31. The second-order valence-electron chi connectivity index (χ2n) is 5.86. The first-order chi connectivity index (χ1) is 13.1. The van der Waals surface area contributed by atoms with Crippen molar-refractivity contribution in [2.24, 2.45) is 0 Å². The third-order valence-electron chi connectivity index (χ3n) is 4.00. The second-order valence-corrected chi connectivity index (χ2v) is 5.86. The minimum atomic E-state index is -0.103. The standard InChI is InChI=1S/C20H21N3O4/c1-12-21-19(14-5-13(11-24)6-16(7-14)25-2)23-20(22-12)15-8-17(26-3)10-18(9-15)27-4/h5-10,24H,11H2,1-4H3. The molecule has 0 spiro atoms. The van der Waals surface area contributed by atoms with E-state index in [1.807, 2.05) is 24.3 Å². The number of hydrogen-bond acceptors (Lipinski definition) is 7. The molecule has 7 nitrogen and oxygen atoms in total. The van der Waals surface area contributed by atoms with Gasteiger partial charge in [-0.3, -0.25) is 0 Å². The lowest BCUT2D eigenvalue weighted by Crippen LogP contribution is -2.01. The molecule has 0 saturated carbocycles. The Kier molecular flexibility index (Phi) is 5.52. The van der Waals surface area contributed by atoms with Crippen LogP contribution in [0.2, 0.25) is 0 Å². The van der Waals surface area contributed by atoms with Crippen molar-refractivity contribution in [2.75, 3.05) is 21.3 Å². The van der Waals surface area contributed by atoms with Gasteiger partial charge in [-0.25, -0.2) is 15.0 Å². The van der Waals surface area contributed by atoms with Crippen LogP contribution in [-0.4, -0.2) is 41.4 Å². The van der Waals surface area contributed by atoms with E-state index in [1.165, 1.54) is 0 Å². The molecule has 0 bridgehead atoms. The highest BCUT2D eigenvalue weighted by molar-refractivity contribution is 5.65. The predicted molar refractivity (Wildman–Crippen MR) is 101 cm³/mol. The number of ether oxygens (including phenoxy) is 3. The summed E-state index contributed by atoms with van der Waals surface area (Å²) < 4.78 is 16.0. The monoisotopic (exact) mass is 367 g/mol. The van der Waals surface area contributed by atoms with E-state index < -0.39 is 0 Å². The number of aliphatic hydroxyl groups is 1. The van der Waals surface area contributed by atoms with E-state index in [2.05, 4.69) is 15.0 Å². The smallest absolute Gasteiger partial charge is 0.163 e. The molecular formula is C20H21N3O4. The zero-order valence-corrected chi connectivity index (χ0v) is 15.7. The van der Waals surface area contributed by atoms with Gasteiger partial charge < -0.3 is 19.3 Å². The van der Waals surface area contributed by atoms with Crippen LogP contribution in [0, 0.1) is 6.92 Å². The summed E-state index contributed by atoms with van der Waals surface area (Å²) in [5.74, 6) is 3.49. The van der Waals surface area contributed by atoms with Crippen LogP contribution >= 0.6 is 0 Å². The van der Waals surface area contributed by atoms with Gasteiger partial charge in [0.05, 0.1) is 27.9 Å². The lowest BCUT2D eigenvalue weighted by atomic mass is 10.1. The zero-order valence-electron chi connectivity index (χ0n) is 15.7. The Bertz CT molecular complexity index is 842. The average molecular weight is 367 g/mol. The molecule has 0 atom stereocenters. The van der Waals surface area contributed by atoms with Gasteiger partial charge in [0.25, 0.3) is 0 Å². The summed E-state index contributed by atoms with van der Waals surface area (Å²) in [5.41, 5.74) is 2.20. The van der Waals surface area contributed by atoms with Crippen LogP contribution in [0.25, 0.3) is 22.8 Å². The van der Waals surface area contributed by atoms with Gasteiger partial charge in [-0.2, -0.15) is 0 Å². The molecule has 0 aliphatic rings. The number of benzene rings is 2. The molecular weight excluding hydrogens is 346 g/mol. The lowest BCUT2D eigenvalue weighted by molar-refractivity contribution is 0.281. The normalized spacial score (nSPS) is 10.6. The van der Waals surface area contributed by atoms with Gasteiger partial charge in [0, 0.05) is 17.2 Å². The molecule has 0 aliphatic carbocycles. The third kappa shape index (κ3) is 4.15. The summed E-state index contributed by atoms with van der Waals surface area (Å²) >= 11 is 0. The summed E-state index contributed by atoms with van der Waals surface area (Å²) in [6.07, 6.45) is 0. The van der Waals surface area contributed by atoms with Crippen molar-refractivity contribution in [3.05, 3.63) is 47.8 Å². The highest BCUT2D eigenvalue weighted by atomic mass is 16.5. The van der Waals surface area contributed by atoms with Crippen molar-refractivity contribution < 1.29 is 19.3 Å². The molecule has 0 fully saturated rings. The fourth-order valence-corrected chi connectivity index (χ4v) is 2.68. The van der Waals surface area contributed by atoms with Crippen molar-refractivity contribution in [3.63, 3.8) is 0 Å². The molecule has 2 aromatic carbocycles. The molecule has 7 heteroatoms. The van der Waals surface area contributed by atoms with Crippen molar-refractivity contribution in [3.8, 4) is 40.0 Å². The van der Waals surface area contributed by atoms with Crippen molar-refractivity contribution in [1.82, 2.24) is 15.0 Å². The van der Waals surface area contributed by atoms with Crippen LogP contribution < -0.4 is 14.2 Å². The van der Waals surface area contributed by atoms with Crippen LogP contribution in [0.4, 0.5) is 0 Å². The molecule has 140 valence electrons. The van der Waals surface area contributed by atoms with Crippen LogP contribution in [0.3, 0.4) is 0 Å². The van der Waals surface area contributed by atoms with E-state index in [-0.39, 0.29) is 6.61 Å². The van der Waals surface area contributed by atoms with E-state index in [0.29, 0.717) is 40.3 Å². The number of aromatic nitrogens is 3. The third-order valence-corrected chi connectivity index (χ3v) is 4.00. The van der Waals surface area contributed by atoms with Crippen LogP contribution in [-0.2, 0) is 6.61 Å². The topological polar surface area (TPSA) is 86.6 Å². The number of rotatable bonds is 6. The Morgan fingerprint density at radius 1 is 0.704 bits per heavy atom. The number of aliphatic hydroxyl groups excluding tert-OH is 1. The minimum Gasteiger partial charge on any atom is -0.497 e. The first kappa shape index (κ1) is 18.6. The number of nitrogens with zero attached hydrogens (tertiary/aromatic N) is 3. The number of aryl methyl sites for hydroxylation is 1. The Morgan fingerprint density at radius 3 is 1.67 bits per heavy atom. The summed E-state index contributed by atoms with van der Waals surface area (Å²) in [6.45, 7) is 1.70. The molecule has 3 rings (SSSR count). The van der Waals surface area contributed by atoms with Crippen LogP contribution in [0.15, 0.2) is 36.4 Å². The molecule has 0 unspecified atom stereocenters. The molecule has 0 radical (unpaired) electrons. The van der Waals surface area contributed by atoms with E-state index >= 15 is 0 Å². The van der Waals surface area contributed by atoms with E-state index in [4.69, 9.17) is 14.2 Å². The zero-order chi connectivity index (χ0) is 19.4. The number of methoxy groups -OCH3 is 3. The van der Waals surface area contributed by atoms with Gasteiger partial charge in [-0.05, 0) is 42.8 Å². The fraction of sp³-hybridized carbons (Fsp3) is 0.250. The van der Waals surface area contributed by atoms with Gasteiger partial charge in [0.15, 0.2) is 11.6 Å². The lowest BCUT2D eigenvalue weighted by Gasteiger charge is -2.10. The number of hydrogen-bond donors (Lipinski definition) is 1. The van der Waals surface area contributed by atoms with E-state index in [1.54, 1.807) is 40.4 Å². The van der Waals surface area contributed by atoms with E-state index in [9.17, 15) is 5.11 Å². The molecule has 3 aromatic rings. The van der Waals surface area contributed by atoms with Gasteiger partial charge in [-0.1, -0.05) is 0 Å². The molecule has 0 aliphatic heterocycles. The first-order valence-electron chi connectivity index (χ1n) is 8.31. The molecule has 1 N–H and O–H groups in total. The van der Waals surface area contributed by atoms with Crippen molar-refractivity contribution in [2.45, 2.75) is 13.5 Å². The quantitative estimate of drug-likeness (QED) is 0.716. The summed E-state index contributed by atoms with van der Waals surface area (Å²) in [5, 5.41) is 9.49. The highest BCUT2D eigenvalue weighted by Crippen LogP contribution is 2.30. The Labute approximate surface area is 157 Å². The summed E-state index contributed by atoms with van der Waals surface area (Å²) in [7, 11) is 4.76. The molecule has 0 amide bonds. The van der Waals surface area contributed by atoms with Crippen LogP contribution in [0.1, 0.15) is 11.4 Å². The largest absolute Gasteiger partial charge is 0.497 e. The van der Waals surface area contributed by atoms with Gasteiger partial charge >= 0.3 is 0 Å². The second kappa shape index (κ2) is 8.01. The van der Waals surface area contributed by atoms with Gasteiger partial charge in [0.2, 0.25) is 0 Å². The van der Waals surface area contributed by atoms with Gasteiger partial charge in [-0.15, -0.1) is 0 Å². The SMILES string of the molecule is COc1cc(CO)cc(-c2nc(C)nc(-c3cc(OC)cc(OC)c3)n2)c1. The van der Waals surface area contributed by atoms with Gasteiger partial charge in [0.1, 0.15) is 23.1 Å².